The van der Waals surface area contributed by atoms with E-state index in [1.165, 1.54) is 0 Å². The van der Waals surface area contributed by atoms with Crippen LogP contribution in [0.2, 0.25) is 0 Å². The van der Waals surface area contributed by atoms with Crippen LogP contribution in [0.3, 0.4) is 0 Å². The lowest BCUT2D eigenvalue weighted by molar-refractivity contribution is 0.0890. The topological polar surface area (TPSA) is 62.2 Å². The molecule has 0 aliphatic heterocycles. The van der Waals surface area contributed by atoms with Gasteiger partial charge in [-0.05, 0) is 30.9 Å². The van der Waals surface area contributed by atoms with Crippen molar-refractivity contribution in [2.45, 2.75) is 32.2 Å². The molecule has 2 rings (SSSR count). The molecule has 0 unspecified atom stereocenters. The third-order valence-electron chi connectivity index (χ3n) is 3.19. The minimum absolute atomic E-state index is 0.0226. The molecule has 1 saturated carbocycles. The summed E-state index contributed by atoms with van der Waals surface area (Å²) in [5.41, 5.74) is 0.980. The van der Waals surface area contributed by atoms with E-state index in [1.54, 1.807) is 18.3 Å². The van der Waals surface area contributed by atoms with Gasteiger partial charge in [-0.15, -0.1) is 0 Å². The fourth-order valence-electron chi connectivity index (χ4n) is 2.17. The Labute approximate surface area is 113 Å². The van der Waals surface area contributed by atoms with Gasteiger partial charge >= 0.3 is 0 Å². The molecule has 0 saturated heterocycles. The number of carbonyl (C=O) groups excluding carboxylic acids is 1. The van der Waals surface area contributed by atoms with Crippen LogP contribution >= 0.6 is 0 Å². The third kappa shape index (κ3) is 3.55. The second-order valence-corrected chi connectivity index (χ2v) is 4.92. The van der Waals surface area contributed by atoms with E-state index in [-0.39, 0.29) is 18.6 Å². The van der Waals surface area contributed by atoms with Gasteiger partial charge in [0.05, 0.1) is 12.2 Å². The Morgan fingerprint density at radius 2 is 2.37 bits per heavy atom. The molecule has 2 N–H and O–H groups in total. The van der Waals surface area contributed by atoms with Crippen LogP contribution in [0.15, 0.2) is 18.3 Å². The molecule has 0 aromatic carbocycles. The number of aliphatic hydroxyl groups is 1. The van der Waals surface area contributed by atoms with Crippen LogP contribution in [0.25, 0.3) is 0 Å². The summed E-state index contributed by atoms with van der Waals surface area (Å²) in [5, 5.41) is 11.7. The van der Waals surface area contributed by atoms with Crippen LogP contribution < -0.4 is 5.32 Å². The average Bonchev–Trinajstić information content (AvgIpc) is 2.38. The van der Waals surface area contributed by atoms with Crippen molar-refractivity contribution in [3.63, 3.8) is 0 Å². The molecule has 1 aromatic rings. The highest BCUT2D eigenvalue weighted by atomic mass is 16.2. The van der Waals surface area contributed by atoms with Crippen molar-refractivity contribution >= 4 is 5.91 Å². The van der Waals surface area contributed by atoms with Gasteiger partial charge in [-0.3, -0.25) is 4.79 Å². The van der Waals surface area contributed by atoms with E-state index in [9.17, 15) is 4.79 Å². The lowest BCUT2D eigenvalue weighted by Gasteiger charge is -2.33. The van der Waals surface area contributed by atoms with Gasteiger partial charge in [0.1, 0.15) is 5.69 Å². The van der Waals surface area contributed by atoms with Crippen molar-refractivity contribution in [1.29, 1.82) is 0 Å². The first kappa shape index (κ1) is 13.6. The van der Waals surface area contributed by atoms with Crippen molar-refractivity contribution in [2.24, 2.45) is 5.92 Å². The van der Waals surface area contributed by atoms with Gasteiger partial charge in [-0.1, -0.05) is 18.8 Å². The van der Waals surface area contributed by atoms with Gasteiger partial charge in [0.15, 0.2) is 0 Å². The van der Waals surface area contributed by atoms with Crippen LogP contribution in [0, 0.1) is 17.8 Å². The number of nitrogens with one attached hydrogen (secondary N) is 1. The summed E-state index contributed by atoms with van der Waals surface area (Å²) in [7, 11) is 0. The molecule has 1 amide bonds. The molecule has 1 heterocycles. The Balaban J connectivity index is 2.06. The minimum atomic E-state index is -0.161. The van der Waals surface area contributed by atoms with Crippen LogP contribution in [0.4, 0.5) is 0 Å². The van der Waals surface area contributed by atoms with Gasteiger partial charge in [0.25, 0.3) is 5.91 Å². The molecular weight excluding hydrogens is 240 g/mol. The monoisotopic (exact) mass is 258 g/mol. The Bertz CT molecular complexity index is 510. The highest BCUT2D eigenvalue weighted by Gasteiger charge is 2.27. The zero-order valence-corrected chi connectivity index (χ0v) is 11.0. The maximum Gasteiger partial charge on any atom is 0.271 e. The predicted molar refractivity (Wildman–Crippen MR) is 72.5 cm³/mol. The zero-order chi connectivity index (χ0) is 13.7. The maximum absolute atomic E-state index is 12.1. The number of hydrogen-bond donors (Lipinski definition) is 2. The fraction of sp³-hybridized carbons (Fsp3) is 0.467. The molecule has 1 aliphatic carbocycles. The number of pyridine rings is 1. The fourth-order valence-corrected chi connectivity index (χ4v) is 2.17. The molecule has 4 nitrogen and oxygen atoms in total. The summed E-state index contributed by atoms with van der Waals surface area (Å²) in [6.07, 6.45) is 4.06. The van der Waals surface area contributed by atoms with Gasteiger partial charge < -0.3 is 10.4 Å². The molecule has 0 spiro atoms. The molecule has 0 atom stereocenters. The second-order valence-electron chi connectivity index (χ2n) is 4.92. The smallest absolute Gasteiger partial charge is 0.271 e. The van der Waals surface area contributed by atoms with Crippen molar-refractivity contribution in [3.8, 4) is 11.8 Å². The molecule has 4 heteroatoms. The van der Waals surface area contributed by atoms with Crippen LogP contribution in [0.1, 0.15) is 42.2 Å². The first-order valence-corrected chi connectivity index (χ1v) is 6.56. The Morgan fingerprint density at radius 3 is 3.05 bits per heavy atom. The molecule has 1 fully saturated rings. The van der Waals surface area contributed by atoms with Crippen LogP contribution in [-0.2, 0) is 0 Å². The van der Waals surface area contributed by atoms with E-state index in [0.29, 0.717) is 23.6 Å². The van der Waals surface area contributed by atoms with Crippen LogP contribution in [0.5, 0.6) is 0 Å². The molecule has 1 aliphatic rings. The summed E-state index contributed by atoms with van der Waals surface area (Å²) in [4.78, 5) is 16.2. The summed E-state index contributed by atoms with van der Waals surface area (Å²) >= 11 is 0. The standard InChI is InChI=1S/C15H18N2O2/c1-11-9-13(10-11)17-15(19)14-12(5-2-3-8-18)6-4-7-16-14/h4,6-7,11,13,18H,3,8-10H2,1H3,(H,17,19). The molecule has 19 heavy (non-hydrogen) atoms. The number of nitrogens with zero attached hydrogens (tertiary/aromatic N) is 1. The minimum Gasteiger partial charge on any atom is -0.395 e. The third-order valence-corrected chi connectivity index (χ3v) is 3.19. The number of rotatable bonds is 3. The van der Waals surface area contributed by atoms with E-state index in [0.717, 1.165) is 12.8 Å². The number of aliphatic hydroxyl groups excluding tert-OH is 1. The van der Waals surface area contributed by atoms with E-state index in [1.807, 2.05) is 0 Å². The SMILES string of the molecule is CC1CC(NC(=O)c2ncccc2C#CCCO)C1. The number of hydrogen-bond acceptors (Lipinski definition) is 3. The summed E-state index contributed by atoms with van der Waals surface area (Å²) in [6, 6.07) is 3.80. The van der Waals surface area contributed by atoms with Gasteiger partial charge in [-0.2, -0.15) is 0 Å². The Hall–Kier alpha value is -1.86. The second kappa shape index (κ2) is 6.35. The van der Waals surface area contributed by atoms with Gasteiger partial charge in [-0.25, -0.2) is 4.98 Å². The Morgan fingerprint density at radius 1 is 1.58 bits per heavy atom. The predicted octanol–water partition coefficient (Wildman–Crippen LogP) is 1.34. The number of carbonyl (C=O) groups is 1. The number of aromatic nitrogens is 1. The summed E-state index contributed by atoms with van der Waals surface area (Å²) < 4.78 is 0. The highest BCUT2D eigenvalue weighted by Crippen LogP contribution is 2.26. The van der Waals surface area contributed by atoms with E-state index in [2.05, 4.69) is 29.1 Å². The zero-order valence-electron chi connectivity index (χ0n) is 11.0. The van der Waals surface area contributed by atoms with E-state index >= 15 is 0 Å². The molecule has 100 valence electrons. The van der Waals surface area contributed by atoms with Crippen molar-refractivity contribution in [3.05, 3.63) is 29.6 Å². The van der Waals surface area contributed by atoms with Gasteiger partial charge in [0, 0.05) is 18.7 Å². The van der Waals surface area contributed by atoms with Crippen molar-refractivity contribution in [1.82, 2.24) is 10.3 Å². The quantitative estimate of drug-likeness (QED) is 0.804. The molecule has 0 radical (unpaired) electrons. The van der Waals surface area contributed by atoms with Crippen molar-refractivity contribution < 1.29 is 9.90 Å². The molecule has 1 aromatic heterocycles. The lowest BCUT2D eigenvalue weighted by Crippen LogP contribution is -2.43. The maximum atomic E-state index is 12.1. The largest absolute Gasteiger partial charge is 0.395 e. The molecule has 0 bridgehead atoms. The first-order chi connectivity index (χ1) is 9.20. The summed E-state index contributed by atoms with van der Waals surface area (Å²) in [6.45, 7) is 2.20. The first-order valence-electron chi connectivity index (χ1n) is 6.56. The van der Waals surface area contributed by atoms with Crippen LogP contribution in [-0.4, -0.2) is 28.6 Å². The van der Waals surface area contributed by atoms with E-state index < -0.39 is 0 Å². The average molecular weight is 258 g/mol. The number of amides is 1. The highest BCUT2D eigenvalue weighted by molar-refractivity contribution is 5.95. The lowest BCUT2D eigenvalue weighted by atomic mass is 9.82. The van der Waals surface area contributed by atoms with Crippen molar-refractivity contribution in [2.75, 3.05) is 6.61 Å². The summed E-state index contributed by atoms with van der Waals surface area (Å²) in [5.74, 6) is 6.23. The van der Waals surface area contributed by atoms with E-state index in [4.69, 9.17) is 5.11 Å². The Kier molecular flexibility index (Phi) is 4.53. The normalized spacial score (nSPS) is 20.9. The van der Waals surface area contributed by atoms with Gasteiger partial charge in [0.2, 0.25) is 0 Å². The molecular formula is C15H18N2O2.